The third kappa shape index (κ3) is 2.00. The number of hydrogen-bond acceptors (Lipinski definition) is 3. The quantitative estimate of drug-likeness (QED) is 0.548. The molecule has 1 aromatic carbocycles. The van der Waals surface area contributed by atoms with Crippen LogP contribution in [0.3, 0.4) is 0 Å². The highest BCUT2D eigenvalue weighted by molar-refractivity contribution is 7.82. The fraction of sp³-hybridized carbons (Fsp3) is 0. The maximum Gasteiger partial charge on any atom is 0.260 e. The van der Waals surface area contributed by atoms with E-state index in [-0.39, 0.29) is 4.51 Å². The maximum absolute atomic E-state index is 5.46. The molecule has 2 aromatic rings. The van der Waals surface area contributed by atoms with Crippen LogP contribution in [0, 0.1) is 0 Å². The number of fused-ring (bicyclic) bond motifs is 1. The van der Waals surface area contributed by atoms with E-state index in [0.29, 0.717) is 5.75 Å². The Kier molecular flexibility index (Phi) is 2.61. The molecule has 0 amide bonds. The first-order valence-corrected chi connectivity index (χ1v) is 4.76. The second-order valence-electron chi connectivity index (χ2n) is 2.70. The highest BCUT2D eigenvalue weighted by Crippen LogP contribution is 2.19. The van der Waals surface area contributed by atoms with E-state index in [0.717, 1.165) is 10.9 Å². The van der Waals surface area contributed by atoms with E-state index in [1.807, 2.05) is 24.3 Å². The third-order valence-electron chi connectivity index (χ3n) is 1.77. The van der Waals surface area contributed by atoms with Crippen LogP contribution in [0.25, 0.3) is 10.9 Å². The van der Waals surface area contributed by atoms with Gasteiger partial charge in [0.2, 0.25) is 0 Å². The molecule has 2 nitrogen and oxygen atoms in total. The van der Waals surface area contributed by atoms with Crippen molar-refractivity contribution >= 4 is 39.2 Å². The maximum atomic E-state index is 5.46. The van der Waals surface area contributed by atoms with E-state index in [1.165, 1.54) is 0 Å². The van der Waals surface area contributed by atoms with Crippen molar-refractivity contribution in [2.45, 2.75) is 0 Å². The summed E-state index contributed by atoms with van der Waals surface area (Å²) in [6, 6.07) is 9.30. The summed E-state index contributed by atoms with van der Waals surface area (Å²) in [4.78, 5) is 4.18. The molecule has 1 aromatic heterocycles. The van der Waals surface area contributed by atoms with Crippen LogP contribution in [0.15, 0.2) is 36.5 Å². The first-order chi connectivity index (χ1) is 6.75. The molecule has 1 heterocycles. The Morgan fingerprint density at radius 1 is 1.36 bits per heavy atom. The van der Waals surface area contributed by atoms with Gasteiger partial charge in [0.15, 0.2) is 0 Å². The van der Waals surface area contributed by atoms with Crippen molar-refractivity contribution in [1.29, 1.82) is 0 Å². The minimum Gasteiger partial charge on any atom is -0.436 e. The van der Waals surface area contributed by atoms with Gasteiger partial charge in [0.05, 0.1) is 5.52 Å². The Morgan fingerprint density at radius 3 is 3.00 bits per heavy atom. The smallest absolute Gasteiger partial charge is 0.260 e. The van der Waals surface area contributed by atoms with Crippen LogP contribution in [0.1, 0.15) is 0 Å². The van der Waals surface area contributed by atoms with Crippen LogP contribution >= 0.6 is 23.8 Å². The molecule has 0 spiro atoms. The van der Waals surface area contributed by atoms with Crippen LogP contribution in [0.4, 0.5) is 0 Å². The van der Waals surface area contributed by atoms with E-state index < -0.39 is 0 Å². The van der Waals surface area contributed by atoms with Gasteiger partial charge in [0, 0.05) is 11.6 Å². The van der Waals surface area contributed by atoms with Gasteiger partial charge in [-0.3, -0.25) is 4.98 Å². The number of pyridine rings is 1. The molecule has 2 rings (SSSR count). The second kappa shape index (κ2) is 3.90. The molecule has 0 bridgehead atoms. The fourth-order valence-electron chi connectivity index (χ4n) is 1.21. The van der Waals surface area contributed by atoms with E-state index in [1.54, 1.807) is 12.3 Å². The Bertz CT molecular complexity index is 486. The van der Waals surface area contributed by atoms with Crippen LogP contribution in [-0.2, 0) is 0 Å². The second-order valence-corrected chi connectivity index (χ2v) is 3.64. The zero-order valence-corrected chi connectivity index (χ0v) is 8.68. The van der Waals surface area contributed by atoms with Crippen molar-refractivity contribution in [3.63, 3.8) is 0 Å². The number of hydrogen-bond donors (Lipinski definition) is 0. The zero-order valence-electron chi connectivity index (χ0n) is 7.11. The van der Waals surface area contributed by atoms with Crippen molar-refractivity contribution < 1.29 is 4.74 Å². The third-order valence-corrected chi connectivity index (χ3v) is 1.93. The van der Waals surface area contributed by atoms with Crippen LogP contribution in [-0.4, -0.2) is 9.49 Å². The van der Waals surface area contributed by atoms with Crippen molar-refractivity contribution in [3.05, 3.63) is 36.5 Å². The van der Waals surface area contributed by atoms with Crippen molar-refractivity contribution in [1.82, 2.24) is 4.98 Å². The van der Waals surface area contributed by atoms with Gasteiger partial charge in [-0.2, -0.15) is 0 Å². The first-order valence-electron chi connectivity index (χ1n) is 3.98. The molecule has 0 aliphatic rings. The highest BCUT2D eigenvalue weighted by Gasteiger charge is 1.99. The Labute approximate surface area is 91.5 Å². The van der Waals surface area contributed by atoms with Crippen molar-refractivity contribution in [2.24, 2.45) is 0 Å². The number of aromatic nitrogens is 1. The standard InChI is InChI=1S/C10H6ClNOS/c11-10(14)13-8-3-4-9-7(6-8)2-1-5-12-9/h1-6H. The molecule has 0 fully saturated rings. The molecule has 4 heteroatoms. The minimum absolute atomic E-state index is 0.00626. The van der Waals surface area contributed by atoms with E-state index in [2.05, 4.69) is 17.2 Å². The molecule has 0 aliphatic heterocycles. The molecule has 0 radical (unpaired) electrons. The molecule has 0 aliphatic carbocycles. The number of halogens is 1. The Balaban J connectivity index is 2.46. The molecule has 14 heavy (non-hydrogen) atoms. The van der Waals surface area contributed by atoms with Crippen LogP contribution in [0.2, 0.25) is 0 Å². The molecular weight excluding hydrogens is 218 g/mol. The molecule has 0 atom stereocenters. The summed E-state index contributed by atoms with van der Waals surface area (Å²) in [5.41, 5.74) is 0.917. The van der Waals surface area contributed by atoms with E-state index in [4.69, 9.17) is 16.3 Å². The zero-order chi connectivity index (χ0) is 9.97. The molecular formula is C10H6ClNOS. The Morgan fingerprint density at radius 2 is 2.21 bits per heavy atom. The average Bonchev–Trinajstić information content (AvgIpc) is 2.17. The minimum atomic E-state index is -0.00626. The monoisotopic (exact) mass is 223 g/mol. The fourth-order valence-corrected chi connectivity index (χ4v) is 1.40. The van der Waals surface area contributed by atoms with Crippen molar-refractivity contribution in [3.8, 4) is 5.75 Å². The van der Waals surface area contributed by atoms with Gasteiger partial charge in [-0.1, -0.05) is 6.07 Å². The van der Waals surface area contributed by atoms with Crippen molar-refractivity contribution in [2.75, 3.05) is 0 Å². The van der Waals surface area contributed by atoms with E-state index >= 15 is 0 Å². The molecule has 0 saturated heterocycles. The summed E-state index contributed by atoms with van der Waals surface area (Å²) in [5.74, 6) is 0.630. The molecule has 0 N–H and O–H groups in total. The largest absolute Gasteiger partial charge is 0.436 e. The Hall–Kier alpha value is -1.19. The number of thiocarbonyl (C=S) groups is 1. The summed E-state index contributed by atoms with van der Waals surface area (Å²) in [5, 5.41) is 0.998. The number of nitrogens with zero attached hydrogens (tertiary/aromatic N) is 1. The van der Waals surface area contributed by atoms with E-state index in [9.17, 15) is 0 Å². The number of rotatable bonds is 1. The average molecular weight is 224 g/mol. The lowest BCUT2D eigenvalue weighted by Crippen LogP contribution is -1.95. The van der Waals surface area contributed by atoms with Crippen LogP contribution < -0.4 is 4.74 Å². The van der Waals surface area contributed by atoms with Gasteiger partial charge < -0.3 is 4.74 Å². The molecule has 70 valence electrons. The van der Waals surface area contributed by atoms with Gasteiger partial charge in [0.25, 0.3) is 4.51 Å². The number of benzene rings is 1. The topological polar surface area (TPSA) is 22.1 Å². The molecule has 0 unspecified atom stereocenters. The van der Waals surface area contributed by atoms with Gasteiger partial charge in [-0.05, 0) is 48.1 Å². The SMILES string of the molecule is S=C(Cl)Oc1ccc2ncccc2c1. The van der Waals surface area contributed by atoms with Crippen LogP contribution in [0.5, 0.6) is 5.75 Å². The first kappa shape index (κ1) is 9.37. The van der Waals surface area contributed by atoms with Gasteiger partial charge in [-0.25, -0.2) is 0 Å². The van der Waals surface area contributed by atoms with Gasteiger partial charge in [-0.15, -0.1) is 0 Å². The summed E-state index contributed by atoms with van der Waals surface area (Å²) in [6.45, 7) is 0. The number of ether oxygens (including phenoxy) is 1. The van der Waals surface area contributed by atoms with Gasteiger partial charge >= 0.3 is 0 Å². The lowest BCUT2D eigenvalue weighted by molar-refractivity contribution is 0.579. The normalized spacial score (nSPS) is 10.1. The predicted molar refractivity (Wildman–Crippen MR) is 60.8 cm³/mol. The predicted octanol–water partition coefficient (Wildman–Crippen LogP) is 3.14. The summed E-state index contributed by atoms with van der Waals surface area (Å²) in [7, 11) is 0. The molecule has 0 saturated carbocycles. The lowest BCUT2D eigenvalue weighted by Gasteiger charge is -2.02. The lowest BCUT2D eigenvalue weighted by atomic mass is 10.2. The van der Waals surface area contributed by atoms with Gasteiger partial charge in [0.1, 0.15) is 5.75 Å². The summed E-state index contributed by atoms with van der Waals surface area (Å²) in [6.07, 6.45) is 1.75. The summed E-state index contributed by atoms with van der Waals surface area (Å²) < 4.78 is 5.09. The summed E-state index contributed by atoms with van der Waals surface area (Å²) >= 11 is 10.1. The highest BCUT2D eigenvalue weighted by atomic mass is 35.5.